The third kappa shape index (κ3) is 5.17. The number of halogens is 4. The number of hydrogen-bond acceptors (Lipinski definition) is 4. The molecule has 11 heteroatoms. The Balaban J connectivity index is 2.05. The van der Waals surface area contributed by atoms with Gasteiger partial charge in [0.2, 0.25) is 5.91 Å². The van der Waals surface area contributed by atoms with Crippen LogP contribution in [0.3, 0.4) is 0 Å². The van der Waals surface area contributed by atoms with Gasteiger partial charge in [0.15, 0.2) is 0 Å². The molecule has 7 nitrogen and oxygen atoms in total. The number of alkyl halides is 3. The SMILES string of the molecule is Cc1c(CC(=O)NC(C)CC(=O)O)c2cc(O)c(Cl)cc2n1C(=O)c1ccc(C(F)(F)F)cc1. The second-order valence-corrected chi connectivity index (χ2v) is 8.25. The Kier molecular flexibility index (Phi) is 6.92. The molecule has 34 heavy (non-hydrogen) atoms. The van der Waals surface area contributed by atoms with E-state index in [1.807, 2.05) is 0 Å². The zero-order valence-corrected chi connectivity index (χ0v) is 18.8. The lowest BCUT2D eigenvalue weighted by Crippen LogP contribution is -2.35. The van der Waals surface area contributed by atoms with Gasteiger partial charge in [-0.05, 0) is 55.8 Å². The van der Waals surface area contributed by atoms with Crippen molar-refractivity contribution in [1.82, 2.24) is 9.88 Å². The van der Waals surface area contributed by atoms with Crippen molar-refractivity contribution in [3.05, 3.63) is 63.8 Å². The summed E-state index contributed by atoms with van der Waals surface area (Å²) in [5, 5.41) is 21.8. The maximum absolute atomic E-state index is 13.2. The van der Waals surface area contributed by atoms with E-state index >= 15 is 0 Å². The van der Waals surface area contributed by atoms with E-state index in [9.17, 15) is 32.7 Å². The van der Waals surface area contributed by atoms with E-state index in [2.05, 4.69) is 5.32 Å². The van der Waals surface area contributed by atoms with Crippen molar-refractivity contribution < 1.29 is 37.8 Å². The molecular weight excluding hydrogens is 477 g/mol. The monoisotopic (exact) mass is 496 g/mol. The Bertz CT molecular complexity index is 1280. The van der Waals surface area contributed by atoms with E-state index in [0.29, 0.717) is 16.6 Å². The summed E-state index contributed by atoms with van der Waals surface area (Å²) >= 11 is 6.03. The molecule has 3 aromatic rings. The lowest BCUT2D eigenvalue weighted by Gasteiger charge is -2.12. The number of nitrogens with zero attached hydrogens (tertiary/aromatic N) is 1. The van der Waals surface area contributed by atoms with Gasteiger partial charge in [-0.25, -0.2) is 0 Å². The largest absolute Gasteiger partial charge is 0.506 e. The molecule has 0 fully saturated rings. The molecule has 1 aromatic heterocycles. The maximum atomic E-state index is 13.2. The molecule has 0 aliphatic heterocycles. The number of hydrogen-bond donors (Lipinski definition) is 3. The normalized spacial score (nSPS) is 12.5. The molecule has 0 saturated heterocycles. The highest BCUT2D eigenvalue weighted by Gasteiger charge is 2.30. The van der Waals surface area contributed by atoms with Crippen molar-refractivity contribution in [2.24, 2.45) is 0 Å². The van der Waals surface area contributed by atoms with Crippen LogP contribution in [0.4, 0.5) is 13.2 Å². The Labute approximate surface area is 196 Å². The molecule has 1 atom stereocenters. The quantitative estimate of drug-likeness (QED) is 0.464. The number of carboxylic acid groups (broad SMARTS) is 1. The summed E-state index contributed by atoms with van der Waals surface area (Å²) in [6, 6.07) is 5.68. The number of aliphatic carboxylic acids is 1. The van der Waals surface area contributed by atoms with Crippen molar-refractivity contribution in [2.75, 3.05) is 0 Å². The van der Waals surface area contributed by atoms with Gasteiger partial charge in [0.05, 0.1) is 28.9 Å². The fraction of sp³-hybridized carbons (Fsp3) is 0.261. The maximum Gasteiger partial charge on any atom is 0.416 e. The smallest absolute Gasteiger partial charge is 0.416 e. The third-order valence-electron chi connectivity index (χ3n) is 5.29. The number of phenolic OH excluding ortho intramolecular Hbond substituents is 1. The van der Waals surface area contributed by atoms with Crippen molar-refractivity contribution >= 4 is 40.3 Å². The van der Waals surface area contributed by atoms with Gasteiger partial charge in [0.1, 0.15) is 5.75 Å². The van der Waals surface area contributed by atoms with Crippen LogP contribution in [-0.4, -0.2) is 38.6 Å². The molecule has 3 N–H and O–H groups in total. The van der Waals surface area contributed by atoms with Gasteiger partial charge in [0, 0.05) is 22.7 Å². The molecule has 3 rings (SSSR count). The summed E-state index contributed by atoms with van der Waals surface area (Å²) in [7, 11) is 0. The van der Waals surface area contributed by atoms with Gasteiger partial charge in [-0.2, -0.15) is 13.2 Å². The molecule has 1 amide bonds. The van der Waals surface area contributed by atoms with Gasteiger partial charge < -0.3 is 15.5 Å². The van der Waals surface area contributed by atoms with E-state index in [1.54, 1.807) is 6.92 Å². The lowest BCUT2D eigenvalue weighted by molar-refractivity contribution is -0.138. The van der Waals surface area contributed by atoms with E-state index in [1.165, 1.54) is 23.6 Å². The number of carbonyl (C=O) groups excluding carboxylic acids is 2. The predicted molar refractivity (Wildman–Crippen MR) is 118 cm³/mol. The van der Waals surface area contributed by atoms with E-state index in [-0.39, 0.29) is 34.7 Å². The zero-order valence-electron chi connectivity index (χ0n) is 18.0. The van der Waals surface area contributed by atoms with Crippen LogP contribution in [0.15, 0.2) is 36.4 Å². The second kappa shape index (κ2) is 9.38. The minimum atomic E-state index is -4.55. The molecule has 0 saturated carbocycles. The minimum absolute atomic E-state index is 0.0247. The molecule has 0 aliphatic rings. The molecule has 1 unspecified atom stereocenters. The van der Waals surface area contributed by atoms with Crippen LogP contribution in [0.2, 0.25) is 5.02 Å². The molecule has 0 aliphatic carbocycles. The van der Waals surface area contributed by atoms with Crippen LogP contribution in [0.1, 0.15) is 40.5 Å². The summed E-state index contributed by atoms with van der Waals surface area (Å²) < 4.78 is 39.9. The first-order valence-electron chi connectivity index (χ1n) is 10.0. The van der Waals surface area contributed by atoms with Crippen molar-refractivity contribution in [3.63, 3.8) is 0 Å². The Morgan fingerprint density at radius 3 is 2.32 bits per heavy atom. The number of carbonyl (C=O) groups is 3. The Hall–Kier alpha value is -3.53. The van der Waals surface area contributed by atoms with Crippen molar-refractivity contribution in [2.45, 2.75) is 38.9 Å². The van der Waals surface area contributed by atoms with Crippen LogP contribution in [0.5, 0.6) is 5.75 Å². The average Bonchev–Trinajstić information content (AvgIpc) is 2.97. The van der Waals surface area contributed by atoms with Gasteiger partial charge in [-0.1, -0.05) is 11.6 Å². The van der Waals surface area contributed by atoms with E-state index in [4.69, 9.17) is 16.7 Å². The van der Waals surface area contributed by atoms with Crippen LogP contribution in [-0.2, 0) is 22.2 Å². The first-order valence-corrected chi connectivity index (χ1v) is 10.4. The molecule has 2 aromatic carbocycles. The van der Waals surface area contributed by atoms with Crippen LogP contribution >= 0.6 is 11.6 Å². The summed E-state index contributed by atoms with van der Waals surface area (Å²) in [6.07, 6.45) is -5.07. The van der Waals surface area contributed by atoms with Gasteiger partial charge in [-0.3, -0.25) is 19.0 Å². The van der Waals surface area contributed by atoms with Crippen LogP contribution in [0, 0.1) is 6.92 Å². The fourth-order valence-corrected chi connectivity index (χ4v) is 3.86. The summed E-state index contributed by atoms with van der Waals surface area (Å²) in [6.45, 7) is 3.08. The Morgan fingerprint density at radius 2 is 1.76 bits per heavy atom. The number of benzene rings is 2. The number of rotatable bonds is 6. The molecule has 1 heterocycles. The lowest BCUT2D eigenvalue weighted by atomic mass is 10.1. The topological polar surface area (TPSA) is 109 Å². The van der Waals surface area contributed by atoms with Crippen LogP contribution < -0.4 is 5.32 Å². The Morgan fingerprint density at radius 1 is 1.15 bits per heavy atom. The zero-order chi connectivity index (χ0) is 25.4. The highest BCUT2D eigenvalue weighted by atomic mass is 35.5. The van der Waals surface area contributed by atoms with E-state index < -0.39 is 35.6 Å². The number of nitrogens with one attached hydrogen (secondary N) is 1. The molecule has 180 valence electrons. The standard InChI is InChI=1S/C23H20ClF3N2O5/c1-11(7-21(32)33)28-20(31)9-15-12(2)29(18-10-17(24)19(30)8-16(15)18)22(34)13-3-5-14(6-4-13)23(25,26)27/h3-6,8,10-11,30H,7,9H2,1-2H3,(H,28,31)(H,32,33). The number of phenols is 1. The second-order valence-electron chi connectivity index (χ2n) is 7.84. The highest BCUT2D eigenvalue weighted by molar-refractivity contribution is 6.33. The first kappa shape index (κ1) is 25.1. The number of amides is 1. The summed E-state index contributed by atoms with van der Waals surface area (Å²) in [5.41, 5.74) is 0.0265. The van der Waals surface area contributed by atoms with Gasteiger partial charge in [-0.15, -0.1) is 0 Å². The number of aromatic nitrogens is 1. The highest BCUT2D eigenvalue weighted by Crippen LogP contribution is 2.35. The van der Waals surface area contributed by atoms with Gasteiger partial charge >= 0.3 is 12.1 Å². The first-order chi connectivity index (χ1) is 15.8. The number of fused-ring (bicyclic) bond motifs is 1. The third-order valence-corrected chi connectivity index (χ3v) is 5.59. The molecule has 0 spiro atoms. The predicted octanol–water partition coefficient (Wildman–Crippen LogP) is 4.54. The van der Waals surface area contributed by atoms with Gasteiger partial charge in [0.25, 0.3) is 5.91 Å². The summed E-state index contributed by atoms with van der Waals surface area (Å²) in [5.74, 6) is -2.52. The van der Waals surface area contributed by atoms with Crippen LogP contribution in [0.25, 0.3) is 10.9 Å². The average molecular weight is 497 g/mol. The van der Waals surface area contributed by atoms with Crippen molar-refractivity contribution in [3.8, 4) is 5.75 Å². The molecular formula is C23H20ClF3N2O5. The molecule has 0 bridgehead atoms. The fourth-order valence-electron chi connectivity index (χ4n) is 3.70. The molecule has 0 radical (unpaired) electrons. The minimum Gasteiger partial charge on any atom is -0.506 e. The summed E-state index contributed by atoms with van der Waals surface area (Å²) in [4.78, 5) is 36.6. The van der Waals surface area contributed by atoms with E-state index in [0.717, 1.165) is 24.3 Å². The number of carboxylic acids is 1. The van der Waals surface area contributed by atoms with Crippen molar-refractivity contribution in [1.29, 1.82) is 0 Å². The number of aromatic hydroxyl groups is 1.